The molecule has 0 unspecified atom stereocenters. The van der Waals surface area contributed by atoms with Crippen LogP contribution < -0.4 is 0 Å². The largest absolute Gasteiger partial charge is 0.309 e. The molecule has 0 aliphatic heterocycles. The van der Waals surface area contributed by atoms with Gasteiger partial charge in [-0.2, -0.15) is 0 Å². The molecular weight excluding hydrogens is 565 g/mol. The highest BCUT2D eigenvalue weighted by molar-refractivity contribution is 7.25. The van der Waals surface area contributed by atoms with Crippen molar-refractivity contribution >= 4 is 75.1 Å². The Morgan fingerprint density at radius 2 is 0.889 bits per heavy atom. The third-order valence-corrected chi connectivity index (χ3v) is 10.5. The lowest BCUT2D eigenvalue weighted by Gasteiger charge is -2.11. The zero-order valence-corrected chi connectivity index (χ0v) is 25.1. The van der Waals surface area contributed by atoms with E-state index in [0.29, 0.717) is 0 Å². The first-order chi connectivity index (χ1) is 22.3. The zero-order valence-electron chi connectivity index (χ0n) is 24.3. The Bertz CT molecular complexity index is 2740. The van der Waals surface area contributed by atoms with Crippen molar-refractivity contribution in [2.24, 2.45) is 0 Å². The van der Waals surface area contributed by atoms with Crippen LogP contribution in [0.5, 0.6) is 0 Å². The minimum Gasteiger partial charge on any atom is -0.309 e. The van der Waals surface area contributed by atoms with Gasteiger partial charge in [-0.05, 0) is 71.8 Å². The Labute approximate surface area is 263 Å². The third-order valence-electron chi connectivity index (χ3n) is 9.32. The van der Waals surface area contributed by atoms with Gasteiger partial charge in [0.15, 0.2) is 0 Å². The van der Waals surface area contributed by atoms with Crippen LogP contribution in [0.1, 0.15) is 0 Å². The summed E-state index contributed by atoms with van der Waals surface area (Å²) in [5, 5.41) is 7.73. The first kappa shape index (κ1) is 24.8. The van der Waals surface area contributed by atoms with Crippen LogP contribution in [0.25, 0.3) is 86.3 Å². The van der Waals surface area contributed by atoms with Crippen LogP contribution in [0.15, 0.2) is 158 Å². The topological polar surface area (TPSA) is 9.86 Å². The molecule has 0 saturated carbocycles. The monoisotopic (exact) mass is 590 g/mol. The lowest BCUT2D eigenvalue weighted by molar-refractivity contribution is 1.17. The second-order valence-corrected chi connectivity index (χ2v) is 12.8. The molecule has 0 bridgehead atoms. The summed E-state index contributed by atoms with van der Waals surface area (Å²) in [5.41, 5.74) is 9.75. The van der Waals surface area contributed by atoms with Crippen molar-refractivity contribution in [3.63, 3.8) is 0 Å². The van der Waals surface area contributed by atoms with Crippen molar-refractivity contribution in [2.75, 3.05) is 0 Å². The molecule has 0 atom stereocenters. The molecule has 0 N–H and O–H groups in total. The molecule has 10 aromatic rings. The summed E-state index contributed by atoms with van der Waals surface area (Å²) in [7, 11) is 0. The van der Waals surface area contributed by atoms with Crippen molar-refractivity contribution in [3.05, 3.63) is 158 Å². The summed E-state index contributed by atoms with van der Waals surface area (Å²) in [5.74, 6) is 0. The van der Waals surface area contributed by atoms with Gasteiger partial charge in [0.1, 0.15) is 0 Å². The summed E-state index contributed by atoms with van der Waals surface area (Å²) in [6, 6.07) is 57.6. The number of fused-ring (bicyclic) bond motifs is 9. The molecule has 0 aliphatic carbocycles. The molecule has 3 heteroatoms. The number of hydrogen-bond donors (Lipinski definition) is 0. The quantitative estimate of drug-likeness (QED) is 0.194. The molecule has 0 radical (unpaired) electrons. The molecule has 3 heterocycles. The minimum atomic E-state index is 1.17. The lowest BCUT2D eigenvalue weighted by Crippen LogP contribution is -1.94. The van der Waals surface area contributed by atoms with E-state index in [0.717, 1.165) is 0 Å². The first-order valence-electron chi connectivity index (χ1n) is 15.4. The Morgan fingerprint density at radius 1 is 0.356 bits per heavy atom. The second-order valence-electron chi connectivity index (χ2n) is 11.8. The van der Waals surface area contributed by atoms with Gasteiger partial charge in [-0.1, -0.05) is 97.1 Å². The van der Waals surface area contributed by atoms with E-state index in [1.54, 1.807) is 0 Å². The second kappa shape index (κ2) is 9.43. The van der Waals surface area contributed by atoms with Gasteiger partial charge in [0, 0.05) is 53.1 Å². The third kappa shape index (κ3) is 3.56. The molecular formula is C42H26N2S. The number of para-hydroxylation sites is 3. The number of nitrogens with zero attached hydrogens (tertiary/aromatic N) is 2. The van der Waals surface area contributed by atoms with Gasteiger partial charge in [-0.15, -0.1) is 11.3 Å². The predicted molar refractivity (Wildman–Crippen MR) is 193 cm³/mol. The summed E-state index contributed by atoms with van der Waals surface area (Å²) < 4.78 is 7.50. The molecule has 0 fully saturated rings. The molecule has 0 aliphatic rings. The van der Waals surface area contributed by atoms with Gasteiger partial charge in [0.25, 0.3) is 0 Å². The van der Waals surface area contributed by atoms with Gasteiger partial charge in [-0.25, -0.2) is 0 Å². The number of aromatic nitrogens is 2. The summed E-state index contributed by atoms with van der Waals surface area (Å²) in [6.45, 7) is 0. The van der Waals surface area contributed by atoms with Crippen LogP contribution >= 0.6 is 11.3 Å². The molecule has 210 valence electrons. The average Bonchev–Trinajstić information content (AvgIpc) is 3.75. The summed E-state index contributed by atoms with van der Waals surface area (Å²) in [4.78, 5) is 0. The SMILES string of the molecule is c1ccc(-n2c3ccccc3c3cc4c(cc32)c2ccccc2n4-c2ccc(-c3cccc4sc5ccccc5c34)cc2)cc1. The van der Waals surface area contributed by atoms with Crippen LogP contribution in [0.3, 0.4) is 0 Å². The molecule has 3 aromatic heterocycles. The Balaban J connectivity index is 1.22. The molecule has 0 saturated heterocycles. The maximum atomic E-state index is 2.43. The van der Waals surface area contributed by atoms with Crippen LogP contribution in [0.4, 0.5) is 0 Å². The lowest BCUT2D eigenvalue weighted by atomic mass is 9.99. The van der Waals surface area contributed by atoms with Gasteiger partial charge >= 0.3 is 0 Å². The van der Waals surface area contributed by atoms with Crippen LogP contribution in [0, 0.1) is 0 Å². The molecule has 2 nitrogen and oxygen atoms in total. The standard InChI is InChI=1S/C42H26N2S/c1-2-11-28(12-3-1)43-36-17-7-4-13-31(36)34-26-39-35(25-38(34)43)32-14-5-8-18-37(32)44(39)29-23-21-27(22-24-29)30-16-10-20-41-42(30)33-15-6-9-19-40(33)45-41/h1-26H. The van der Waals surface area contributed by atoms with Crippen molar-refractivity contribution in [2.45, 2.75) is 0 Å². The summed E-state index contributed by atoms with van der Waals surface area (Å²) in [6.07, 6.45) is 0. The van der Waals surface area contributed by atoms with E-state index in [-0.39, 0.29) is 0 Å². The molecule has 0 spiro atoms. The fourth-order valence-electron chi connectivity index (χ4n) is 7.37. The zero-order chi connectivity index (χ0) is 29.5. The highest BCUT2D eigenvalue weighted by Crippen LogP contribution is 2.42. The van der Waals surface area contributed by atoms with Crippen molar-refractivity contribution in [3.8, 4) is 22.5 Å². The Hall–Kier alpha value is -5.64. The van der Waals surface area contributed by atoms with E-state index in [1.807, 2.05) is 11.3 Å². The van der Waals surface area contributed by atoms with Gasteiger partial charge in [0.05, 0.1) is 22.1 Å². The van der Waals surface area contributed by atoms with Crippen molar-refractivity contribution < 1.29 is 0 Å². The van der Waals surface area contributed by atoms with Crippen molar-refractivity contribution in [1.82, 2.24) is 9.13 Å². The van der Waals surface area contributed by atoms with Crippen LogP contribution in [-0.4, -0.2) is 9.13 Å². The summed E-state index contributed by atoms with van der Waals surface area (Å²) >= 11 is 1.87. The van der Waals surface area contributed by atoms with Gasteiger partial charge in [0.2, 0.25) is 0 Å². The van der Waals surface area contributed by atoms with Gasteiger partial charge < -0.3 is 9.13 Å². The Morgan fingerprint density at radius 3 is 1.56 bits per heavy atom. The van der Waals surface area contributed by atoms with Crippen LogP contribution in [-0.2, 0) is 0 Å². The fraction of sp³-hybridized carbons (Fsp3) is 0. The first-order valence-corrected chi connectivity index (χ1v) is 16.2. The highest BCUT2D eigenvalue weighted by atomic mass is 32.1. The van der Waals surface area contributed by atoms with E-state index in [1.165, 1.54) is 86.3 Å². The number of thiophene rings is 1. The number of hydrogen-bond acceptors (Lipinski definition) is 1. The van der Waals surface area contributed by atoms with E-state index in [2.05, 4.69) is 167 Å². The Kier molecular flexibility index (Phi) is 5.19. The smallest absolute Gasteiger partial charge is 0.0548 e. The minimum absolute atomic E-state index is 1.17. The van der Waals surface area contributed by atoms with E-state index in [4.69, 9.17) is 0 Å². The highest BCUT2D eigenvalue weighted by Gasteiger charge is 2.18. The molecule has 7 aromatic carbocycles. The fourth-order valence-corrected chi connectivity index (χ4v) is 8.50. The number of rotatable bonds is 3. The van der Waals surface area contributed by atoms with E-state index in [9.17, 15) is 0 Å². The maximum Gasteiger partial charge on any atom is 0.0548 e. The van der Waals surface area contributed by atoms with Gasteiger partial charge in [-0.3, -0.25) is 0 Å². The maximum absolute atomic E-state index is 2.43. The number of benzene rings is 7. The average molecular weight is 591 g/mol. The van der Waals surface area contributed by atoms with Crippen molar-refractivity contribution in [1.29, 1.82) is 0 Å². The molecule has 45 heavy (non-hydrogen) atoms. The normalized spacial score (nSPS) is 12.0. The molecule has 10 rings (SSSR count). The van der Waals surface area contributed by atoms with Crippen LogP contribution in [0.2, 0.25) is 0 Å². The molecule has 0 amide bonds. The van der Waals surface area contributed by atoms with E-state index >= 15 is 0 Å². The van der Waals surface area contributed by atoms with E-state index < -0.39 is 0 Å². The predicted octanol–water partition coefficient (Wildman–Crippen LogP) is 11.9.